The number of hydrogen-bond acceptors (Lipinski definition) is 3. The maximum absolute atomic E-state index is 6.03. The zero-order valence-electron chi connectivity index (χ0n) is 10.8. The van der Waals surface area contributed by atoms with Gasteiger partial charge in [-0.1, -0.05) is 18.2 Å². The number of pyridine rings is 2. The van der Waals surface area contributed by atoms with Gasteiger partial charge >= 0.3 is 0 Å². The maximum Gasteiger partial charge on any atom is 0.157 e. The molecule has 5 aromatic rings. The van der Waals surface area contributed by atoms with Gasteiger partial charge in [0.05, 0.1) is 11.2 Å². The Bertz CT molecular complexity index is 1110. The van der Waals surface area contributed by atoms with Gasteiger partial charge in [0.15, 0.2) is 5.58 Å². The molecular formula is C17H10N2O. The standard InChI is InChI=1S/C17H10N2O/c1-9-17-15-12(8-19-9)10-5-3-7-18-16(10)11-4-2-6-13(20-17)14(11)15/h2-8H,1H3. The Morgan fingerprint density at radius 3 is 2.75 bits per heavy atom. The Hall–Kier alpha value is -2.68. The van der Waals surface area contributed by atoms with Crippen LogP contribution in [0.1, 0.15) is 5.69 Å². The first kappa shape index (κ1) is 10.1. The molecule has 20 heavy (non-hydrogen) atoms. The van der Waals surface area contributed by atoms with Crippen molar-refractivity contribution in [1.29, 1.82) is 0 Å². The second-order valence-electron chi connectivity index (χ2n) is 5.14. The number of hydrogen-bond donors (Lipinski definition) is 0. The minimum absolute atomic E-state index is 0.888. The van der Waals surface area contributed by atoms with E-state index in [0.717, 1.165) is 43.9 Å². The molecule has 3 heteroatoms. The van der Waals surface area contributed by atoms with Gasteiger partial charge < -0.3 is 4.42 Å². The second kappa shape index (κ2) is 3.25. The third kappa shape index (κ3) is 1.03. The van der Waals surface area contributed by atoms with Gasteiger partial charge in [-0.25, -0.2) is 0 Å². The van der Waals surface area contributed by atoms with Crippen LogP contribution in [0.2, 0.25) is 0 Å². The zero-order chi connectivity index (χ0) is 13.3. The van der Waals surface area contributed by atoms with E-state index in [1.807, 2.05) is 37.5 Å². The van der Waals surface area contributed by atoms with Crippen LogP contribution >= 0.6 is 0 Å². The molecule has 0 amide bonds. The van der Waals surface area contributed by atoms with Gasteiger partial charge in [-0.3, -0.25) is 9.97 Å². The molecule has 0 radical (unpaired) electrons. The van der Waals surface area contributed by atoms with Crippen molar-refractivity contribution in [2.24, 2.45) is 0 Å². The Morgan fingerprint density at radius 2 is 1.80 bits per heavy atom. The van der Waals surface area contributed by atoms with Crippen LogP contribution in [0.5, 0.6) is 0 Å². The fraction of sp³-hybridized carbons (Fsp3) is 0.0588. The van der Waals surface area contributed by atoms with Crippen LogP contribution in [0.15, 0.2) is 47.1 Å². The summed E-state index contributed by atoms with van der Waals surface area (Å²) < 4.78 is 6.03. The van der Waals surface area contributed by atoms with Gasteiger partial charge in [-0.2, -0.15) is 0 Å². The fourth-order valence-corrected chi connectivity index (χ4v) is 3.18. The van der Waals surface area contributed by atoms with Gasteiger partial charge in [0.2, 0.25) is 0 Å². The minimum Gasteiger partial charge on any atom is -0.454 e. The second-order valence-corrected chi connectivity index (χ2v) is 5.14. The normalized spacial score (nSPS) is 12.2. The molecular weight excluding hydrogens is 248 g/mol. The third-order valence-electron chi connectivity index (χ3n) is 4.05. The van der Waals surface area contributed by atoms with Crippen molar-refractivity contribution in [2.75, 3.05) is 0 Å². The monoisotopic (exact) mass is 258 g/mol. The van der Waals surface area contributed by atoms with Crippen molar-refractivity contribution in [3.63, 3.8) is 0 Å². The van der Waals surface area contributed by atoms with Crippen LogP contribution in [0.4, 0.5) is 0 Å². The number of furan rings is 1. The predicted octanol–water partition coefficient (Wildman–Crippen LogP) is 4.43. The summed E-state index contributed by atoms with van der Waals surface area (Å²) in [7, 11) is 0. The topological polar surface area (TPSA) is 38.9 Å². The van der Waals surface area contributed by atoms with Crippen molar-refractivity contribution >= 4 is 43.6 Å². The molecule has 0 aliphatic rings. The van der Waals surface area contributed by atoms with E-state index in [2.05, 4.69) is 22.1 Å². The average Bonchev–Trinajstić information content (AvgIpc) is 2.89. The van der Waals surface area contributed by atoms with Crippen LogP contribution in [0.25, 0.3) is 43.6 Å². The lowest BCUT2D eigenvalue weighted by Crippen LogP contribution is -1.87. The quantitative estimate of drug-likeness (QED) is 0.386. The molecule has 2 aromatic carbocycles. The Labute approximate surface area is 114 Å². The predicted molar refractivity (Wildman–Crippen MR) is 80.2 cm³/mol. The molecule has 0 spiro atoms. The van der Waals surface area contributed by atoms with E-state index < -0.39 is 0 Å². The number of nitrogens with zero attached hydrogens (tertiary/aromatic N) is 2. The highest BCUT2D eigenvalue weighted by molar-refractivity contribution is 6.32. The Morgan fingerprint density at radius 1 is 0.900 bits per heavy atom. The van der Waals surface area contributed by atoms with Gasteiger partial charge in [0, 0.05) is 39.3 Å². The summed E-state index contributed by atoms with van der Waals surface area (Å²) in [6, 6.07) is 10.2. The first-order valence-corrected chi connectivity index (χ1v) is 6.61. The lowest BCUT2D eigenvalue weighted by atomic mass is 9.98. The zero-order valence-corrected chi connectivity index (χ0v) is 10.8. The molecule has 5 rings (SSSR count). The van der Waals surface area contributed by atoms with E-state index in [9.17, 15) is 0 Å². The van der Waals surface area contributed by atoms with Gasteiger partial charge in [0.25, 0.3) is 0 Å². The maximum atomic E-state index is 6.03. The molecule has 3 nitrogen and oxygen atoms in total. The van der Waals surface area contributed by atoms with Crippen LogP contribution in [-0.4, -0.2) is 9.97 Å². The molecule has 0 unspecified atom stereocenters. The third-order valence-corrected chi connectivity index (χ3v) is 4.05. The fourth-order valence-electron chi connectivity index (χ4n) is 3.18. The number of benzene rings is 2. The highest BCUT2D eigenvalue weighted by Crippen LogP contribution is 2.41. The van der Waals surface area contributed by atoms with E-state index >= 15 is 0 Å². The van der Waals surface area contributed by atoms with E-state index in [-0.39, 0.29) is 0 Å². The van der Waals surface area contributed by atoms with Gasteiger partial charge in [0.1, 0.15) is 5.58 Å². The van der Waals surface area contributed by atoms with Crippen LogP contribution in [-0.2, 0) is 0 Å². The number of aromatic nitrogens is 2. The molecule has 0 saturated heterocycles. The van der Waals surface area contributed by atoms with Crippen LogP contribution in [0.3, 0.4) is 0 Å². The van der Waals surface area contributed by atoms with Crippen molar-refractivity contribution in [3.05, 3.63) is 48.4 Å². The first-order valence-electron chi connectivity index (χ1n) is 6.61. The van der Waals surface area contributed by atoms with E-state index in [4.69, 9.17) is 4.42 Å². The Kier molecular flexibility index (Phi) is 1.65. The molecule has 3 aromatic heterocycles. The molecule has 0 aliphatic heterocycles. The molecule has 0 aliphatic carbocycles. The largest absolute Gasteiger partial charge is 0.454 e. The summed E-state index contributed by atoms with van der Waals surface area (Å²) in [5.41, 5.74) is 3.74. The molecule has 0 fully saturated rings. The van der Waals surface area contributed by atoms with Crippen LogP contribution in [0, 0.1) is 6.92 Å². The highest BCUT2D eigenvalue weighted by atomic mass is 16.3. The minimum atomic E-state index is 0.888. The summed E-state index contributed by atoms with van der Waals surface area (Å²) in [6.07, 6.45) is 3.77. The highest BCUT2D eigenvalue weighted by Gasteiger charge is 2.18. The first-order chi connectivity index (χ1) is 9.84. The molecule has 94 valence electrons. The van der Waals surface area contributed by atoms with Crippen molar-refractivity contribution < 1.29 is 4.42 Å². The van der Waals surface area contributed by atoms with E-state index in [0.29, 0.717) is 0 Å². The lowest BCUT2D eigenvalue weighted by Gasteiger charge is -2.06. The van der Waals surface area contributed by atoms with Crippen LogP contribution < -0.4 is 0 Å². The summed E-state index contributed by atoms with van der Waals surface area (Å²) in [5, 5.41) is 5.73. The van der Waals surface area contributed by atoms with Crippen molar-refractivity contribution in [1.82, 2.24) is 9.97 Å². The van der Waals surface area contributed by atoms with E-state index in [1.54, 1.807) is 0 Å². The molecule has 0 atom stereocenters. The summed E-state index contributed by atoms with van der Waals surface area (Å²) in [6.45, 7) is 1.99. The molecule has 3 heterocycles. The SMILES string of the molecule is Cc1ncc2c3cccnc3c3cccc4oc1c2c43. The van der Waals surface area contributed by atoms with Crippen molar-refractivity contribution in [3.8, 4) is 0 Å². The summed E-state index contributed by atoms with van der Waals surface area (Å²) in [5.74, 6) is 0. The molecule has 0 N–H and O–H groups in total. The van der Waals surface area contributed by atoms with Gasteiger partial charge in [-0.15, -0.1) is 0 Å². The van der Waals surface area contributed by atoms with Crippen molar-refractivity contribution in [2.45, 2.75) is 6.92 Å². The summed E-state index contributed by atoms with van der Waals surface area (Å²) in [4.78, 5) is 9.04. The molecule has 0 saturated carbocycles. The number of rotatable bonds is 0. The Balaban J connectivity index is 2.32. The number of fused-ring (bicyclic) bond motifs is 3. The van der Waals surface area contributed by atoms with E-state index in [1.165, 1.54) is 5.39 Å². The smallest absolute Gasteiger partial charge is 0.157 e. The molecule has 0 bridgehead atoms. The van der Waals surface area contributed by atoms with Gasteiger partial charge in [-0.05, 0) is 19.1 Å². The lowest BCUT2D eigenvalue weighted by molar-refractivity contribution is 0.663. The number of aryl methyl sites for hydroxylation is 1. The summed E-state index contributed by atoms with van der Waals surface area (Å²) >= 11 is 0. The average molecular weight is 258 g/mol.